The molecule has 0 amide bonds. The Kier molecular flexibility index (Phi) is 5.62. The average molecular weight is 454 g/mol. The molecule has 146 valence electrons. The van der Waals surface area contributed by atoms with Gasteiger partial charge in [0.1, 0.15) is 5.82 Å². The van der Waals surface area contributed by atoms with Crippen LogP contribution in [0.2, 0.25) is 0 Å². The molecule has 0 aliphatic carbocycles. The van der Waals surface area contributed by atoms with E-state index in [2.05, 4.69) is 41.2 Å². The van der Waals surface area contributed by atoms with E-state index in [1.807, 2.05) is 31.2 Å². The highest BCUT2D eigenvalue weighted by molar-refractivity contribution is 9.10. The third-order valence-electron chi connectivity index (χ3n) is 4.16. The molecule has 6 nitrogen and oxygen atoms in total. The lowest BCUT2D eigenvalue weighted by atomic mass is 10.2. The molecule has 1 N–H and O–H groups in total. The van der Waals surface area contributed by atoms with Crippen molar-refractivity contribution < 1.29 is 9.13 Å². The fourth-order valence-electron chi connectivity index (χ4n) is 2.74. The Morgan fingerprint density at radius 1 is 1.00 bits per heavy atom. The van der Waals surface area contributed by atoms with Crippen LogP contribution in [0.4, 0.5) is 10.3 Å². The molecule has 4 aromatic rings. The van der Waals surface area contributed by atoms with Gasteiger partial charge in [-0.25, -0.2) is 14.4 Å². The minimum absolute atomic E-state index is 0.272. The number of fused-ring (bicyclic) bond motifs is 1. The Morgan fingerprint density at radius 2 is 1.76 bits per heavy atom. The van der Waals surface area contributed by atoms with Gasteiger partial charge in [0.15, 0.2) is 11.2 Å². The van der Waals surface area contributed by atoms with Crippen LogP contribution in [0.25, 0.3) is 22.4 Å². The summed E-state index contributed by atoms with van der Waals surface area (Å²) < 4.78 is 19.7. The van der Waals surface area contributed by atoms with Gasteiger partial charge in [-0.15, -0.1) is 0 Å². The van der Waals surface area contributed by atoms with E-state index in [9.17, 15) is 4.39 Å². The van der Waals surface area contributed by atoms with Crippen molar-refractivity contribution in [2.75, 3.05) is 11.9 Å². The zero-order chi connectivity index (χ0) is 20.2. The van der Waals surface area contributed by atoms with E-state index >= 15 is 0 Å². The molecule has 2 heterocycles. The standard InChI is InChI=1S/C21H17BrFN5O/c1-2-29-20-18-19(24-12-17(26-18)14-5-7-15(22)8-6-14)27-21(28-20)25-11-13-3-9-16(23)10-4-13/h3-10,12H,2,11H2,1H3,(H,24,25,27,28). The summed E-state index contributed by atoms with van der Waals surface area (Å²) >= 11 is 3.43. The van der Waals surface area contributed by atoms with Crippen LogP contribution in [-0.4, -0.2) is 26.5 Å². The van der Waals surface area contributed by atoms with Crippen LogP contribution in [-0.2, 0) is 6.54 Å². The summed E-state index contributed by atoms with van der Waals surface area (Å²) in [5, 5.41) is 3.13. The predicted molar refractivity (Wildman–Crippen MR) is 113 cm³/mol. The number of benzene rings is 2. The Balaban J connectivity index is 1.66. The maximum Gasteiger partial charge on any atom is 0.247 e. The summed E-state index contributed by atoms with van der Waals surface area (Å²) in [6.07, 6.45) is 1.68. The summed E-state index contributed by atoms with van der Waals surface area (Å²) in [5.41, 5.74) is 3.49. The molecule has 8 heteroatoms. The zero-order valence-corrected chi connectivity index (χ0v) is 17.1. The minimum Gasteiger partial charge on any atom is -0.476 e. The first-order valence-electron chi connectivity index (χ1n) is 9.04. The van der Waals surface area contributed by atoms with E-state index in [1.165, 1.54) is 12.1 Å². The van der Waals surface area contributed by atoms with Crippen LogP contribution >= 0.6 is 15.9 Å². The molecule has 0 fully saturated rings. The van der Waals surface area contributed by atoms with Gasteiger partial charge in [0.25, 0.3) is 0 Å². The van der Waals surface area contributed by atoms with Gasteiger partial charge in [-0.05, 0) is 36.8 Å². The highest BCUT2D eigenvalue weighted by Crippen LogP contribution is 2.26. The Labute approximate surface area is 175 Å². The fraction of sp³-hybridized carbons (Fsp3) is 0.143. The van der Waals surface area contributed by atoms with E-state index < -0.39 is 0 Å². The van der Waals surface area contributed by atoms with Crippen LogP contribution < -0.4 is 10.1 Å². The SMILES string of the molecule is CCOc1nc(NCc2ccc(F)cc2)nc2ncc(-c3ccc(Br)cc3)nc12. The average Bonchev–Trinajstić information content (AvgIpc) is 2.74. The van der Waals surface area contributed by atoms with Crippen molar-refractivity contribution >= 4 is 33.0 Å². The first kappa shape index (κ1) is 19.2. The van der Waals surface area contributed by atoms with Gasteiger partial charge >= 0.3 is 0 Å². The predicted octanol–water partition coefficient (Wildman–Crippen LogP) is 5.00. The number of anilines is 1. The summed E-state index contributed by atoms with van der Waals surface area (Å²) in [5.74, 6) is 0.465. The molecule has 0 saturated carbocycles. The lowest BCUT2D eigenvalue weighted by Gasteiger charge is -2.10. The minimum atomic E-state index is -0.272. The number of hydrogen-bond donors (Lipinski definition) is 1. The Hall–Kier alpha value is -3.13. The summed E-state index contributed by atoms with van der Waals surface area (Å²) in [6, 6.07) is 14.1. The highest BCUT2D eigenvalue weighted by Gasteiger charge is 2.13. The lowest BCUT2D eigenvalue weighted by molar-refractivity contribution is 0.330. The fourth-order valence-corrected chi connectivity index (χ4v) is 3.01. The Morgan fingerprint density at radius 3 is 2.48 bits per heavy atom. The normalized spacial score (nSPS) is 10.9. The molecule has 0 aliphatic heterocycles. The maximum absolute atomic E-state index is 13.1. The lowest BCUT2D eigenvalue weighted by Crippen LogP contribution is -2.07. The number of nitrogens with one attached hydrogen (secondary N) is 1. The second-order valence-electron chi connectivity index (χ2n) is 6.20. The van der Waals surface area contributed by atoms with Gasteiger partial charge < -0.3 is 10.1 Å². The van der Waals surface area contributed by atoms with Crippen molar-refractivity contribution in [1.82, 2.24) is 19.9 Å². The molecule has 4 rings (SSSR count). The van der Waals surface area contributed by atoms with Gasteiger partial charge in [-0.3, -0.25) is 0 Å². The van der Waals surface area contributed by atoms with E-state index in [1.54, 1.807) is 18.3 Å². The number of ether oxygens (including phenoxy) is 1. The topological polar surface area (TPSA) is 72.8 Å². The van der Waals surface area contributed by atoms with E-state index in [0.29, 0.717) is 41.8 Å². The number of rotatable bonds is 6. The van der Waals surface area contributed by atoms with Gasteiger partial charge in [-0.2, -0.15) is 9.97 Å². The van der Waals surface area contributed by atoms with Crippen molar-refractivity contribution in [2.45, 2.75) is 13.5 Å². The molecule has 2 aromatic carbocycles. The molecular weight excluding hydrogens is 437 g/mol. The van der Waals surface area contributed by atoms with Crippen LogP contribution in [0.5, 0.6) is 5.88 Å². The third-order valence-corrected chi connectivity index (χ3v) is 4.69. The van der Waals surface area contributed by atoms with E-state index in [-0.39, 0.29) is 5.82 Å². The number of hydrogen-bond acceptors (Lipinski definition) is 6. The molecular formula is C21H17BrFN5O. The summed E-state index contributed by atoms with van der Waals surface area (Å²) in [6.45, 7) is 2.76. The van der Waals surface area contributed by atoms with Gasteiger partial charge in [0, 0.05) is 16.6 Å². The van der Waals surface area contributed by atoms with Crippen LogP contribution in [0.15, 0.2) is 59.2 Å². The van der Waals surface area contributed by atoms with Crippen LogP contribution in [0, 0.1) is 5.82 Å². The monoisotopic (exact) mass is 453 g/mol. The molecule has 2 aromatic heterocycles. The molecule has 0 aliphatic rings. The maximum atomic E-state index is 13.1. The quantitative estimate of drug-likeness (QED) is 0.442. The summed E-state index contributed by atoms with van der Waals surface area (Å²) in [7, 11) is 0. The van der Waals surface area contributed by atoms with Crippen LogP contribution in [0.1, 0.15) is 12.5 Å². The zero-order valence-electron chi connectivity index (χ0n) is 15.6. The molecule has 29 heavy (non-hydrogen) atoms. The third kappa shape index (κ3) is 4.48. The highest BCUT2D eigenvalue weighted by atomic mass is 79.9. The molecule has 0 unspecified atom stereocenters. The van der Waals surface area contributed by atoms with Crippen molar-refractivity contribution in [3.63, 3.8) is 0 Å². The van der Waals surface area contributed by atoms with Crippen molar-refractivity contribution in [3.05, 3.63) is 70.6 Å². The molecule has 0 atom stereocenters. The molecule has 0 radical (unpaired) electrons. The number of nitrogens with zero attached hydrogens (tertiary/aromatic N) is 4. The van der Waals surface area contributed by atoms with Crippen LogP contribution in [0.3, 0.4) is 0 Å². The first-order valence-corrected chi connectivity index (χ1v) is 9.83. The van der Waals surface area contributed by atoms with Gasteiger partial charge in [-0.1, -0.05) is 40.2 Å². The number of aromatic nitrogens is 4. The molecule has 0 bridgehead atoms. The van der Waals surface area contributed by atoms with Gasteiger partial charge in [0.2, 0.25) is 11.8 Å². The number of halogens is 2. The summed E-state index contributed by atoms with van der Waals surface area (Å²) in [4.78, 5) is 18.0. The van der Waals surface area contributed by atoms with E-state index in [4.69, 9.17) is 4.74 Å². The Bertz CT molecular complexity index is 1140. The first-order chi connectivity index (χ1) is 14.1. The second-order valence-corrected chi connectivity index (χ2v) is 7.12. The smallest absolute Gasteiger partial charge is 0.247 e. The van der Waals surface area contributed by atoms with Crippen molar-refractivity contribution in [3.8, 4) is 17.1 Å². The second kappa shape index (κ2) is 8.48. The van der Waals surface area contributed by atoms with Gasteiger partial charge in [0.05, 0.1) is 18.5 Å². The molecule has 0 saturated heterocycles. The van der Waals surface area contributed by atoms with Crippen molar-refractivity contribution in [1.29, 1.82) is 0 Å². The largest absolute Gasteiger partial charge is 0.476 e. The molecule has 0 spiro atoms. The van der Waals surface area contributed by atoms with E-state index in [0.717, 1.165) is 15.6 Å². The van der Waals surface area contributed by atoms with Crippen molar-refractivity contribution in [2.24, 2.45) is 0 Å².